The second-order valence-electron chi connectivity index (χ2n) is 29.3. The lowest BCUT2D eigenvalue weighted by Gasteiger charge is -2.29. The van der Waals surface area contributed by atoms with Crippen molar-refractivity contribution in [1.29, 1.82) is 0 Å². The maximum atomic E-state index is 15.2. The molecule has 18 N–H and O–H groups in total. The molecule has 0 saturated heterocycles. The molecule has 6 rings (SSSR count). The first-order valence-corrected chi connectivity index (χ1v) is 40.7. The second-order valence-corrected chi connectivity index (χ2v) is 29.3. The number of benzene rings is 6. The Hall–Kier alpha value is -13.2. The summed E-state index contributed by atoms with van der Waals surface area (Å²) in [5, 5.41) is 64.5. The number of alkyl carbamates (subject to hydrolysis) is 5. The number of aliphatic hydroxyl groups excluding tert-OH is 2. The second kappa shape index (κ2) is 54.9. The number of hydrogen-bond acceptors (Lipinski definition) is 22. The Morgan fingerprint density at radius 3 is 0.886 bits per heavy atom. The van der Waals surface area contributed by atoms with Crippen LogP contribution in [0.1, 0.15) is 125 Å². The minimum atomic E-state index is -1.84. The van der Waals surface area contributed by atoms with Crippen LogP contribution in [0.4, 0.5) is 24.0 Å². The molecule has 0 aromatic heterocycles. The van der Waals surface area contributed by atoms with Gasteiger partial charge in [0.15, 0.2) is 6.04 Å². The molecule has 0 saturated carbocycles. The largest absolute Gasteiger partial charge is 0.480 e. The first-order valence-electron chi connectivity index (χ1n) is 40.7. The molecule has 0 aliphatic carbocycles. The summed E-state index contributed by atoms with van der Waals surface area (Å²) in [6.07, 6.45) is -8.89. The molecule has 0 heterocycles. The number of rotatable bonds is 52. The van der Waals surface area contributed by atoms with Gasteiger partial charge in [0.2, 0.25) is 47.3 Å². The number of nitrogens with two attached hydrogens (primary N) is 1. The van der Waals surface area contributed by atoms with Crippen LogP contribution in [0.2, 0.25) is 0 Å². The van der Waals surface area contributed by atoms with Gasteiger partial charge >= 0.3 is 36.4 Å². The van der Waals surface area contributed by atoms with Crippen LogP contribution < -0.4 is 74.9 Å². The molecule has 0 aliphatic rings. The van der Waals surface area contributed by atoms with Crippen molar-refractivity contribution >= 4 is 83.7 Å². The average molecular weight is 1710 g/mol. The van der Waals surface area contributed by atoms with E-state index in [9.17, 15) is 68.1 Å². The van der Waals surface area contributed by atoms with E-state index < -0.39 is 163 Å². The number of aliphatic hydroxyl groups is 2. The van der Waals surface area contributed by atoms with Crippen LogP contribution in [-0.4, -0.2) is 198 Å². The minimum absolute atomic E-state index is 0.0153. The van der Waals surface area contributed by atoms with Crippen molar-refractivity contribution < 1.29 is 106 Å². The Morgan fingerprint density at radius 1 is 0.293 bits per heavy atom. The van der Waals surface area contributed by atoms with Crippen molar-refractivity contribution in [2.24, 2.45) is 11.7 Å². The fourth-order valence-corrected chi connectivity index (χ4v) is 12.2. The van der Waals surface area contributed by atoms with Crippen molar-refractivity contribution in [1.82, 2.24) is 69.1 Å². The zero-order valence-corrected chi connectivity index (χ0v) is 69.3. The van der Waals surface area contributed by atoms with E-state index in [0.717, 1.165) is 18.1 Å². The molecule has 0 radical (unpaired) electrons. The summed E-state index contributed by atoms with van der Waals surface area (Å²) in [5.74, 6) is -10.1. The lowest BCUT2D eigenvalue weighted by Crippen LogP contribution is -2.61. The van der Waals surface area contributed by atoms with Crippen molar-refractivity contribution in [2.75, 3.05) is 32.7 Å². The highest BCUT2D eigenvalue weighted by atomic mass is 16.6. The van der Waals surface area contributed by atoms with E-state index in [2.05, 4.69) is 69.1 Å². The van der Waals surface area contributed by atoms with E-state index in [1.807, 2.05) is 0 Å². The quantitative estimate of drug-likeness (QED) is 0.0185. The summed E-state index contributed by atoms with van der Waals surface area (Å²) in [4.78, 5) is 195. The van der Waals surface area contributed by atoms with Gasteiger partial charge < -0.3 is 114 Å². The van der Waals surface area contributed by atoms with Gasteiger partial charge in [-0.3, -0.25) is 38.4 Å². The molecule has 13 amide bonds. The Bertz CT molecular complexity index is 4300. The number of amides is 13. The first kappa shape index (κ1) is 98.6. The number of hydrogen-bond donors (Lipinski definition) is 17. The fourth-order valence-electron chi connectivity index (χ4n) is 12.2. The van der Waals surface area contributed by atoms with Crippen LogP contribution in [0.5, 0.6) is 0 Å². The summed E-state index contributed by atoms with van der Waals surface area (Å²) in [5.41, 5.74) is 9.91. The SMILES string of the molecule is CC(C)C[C@H](NC(=O)[C@@H](Cc1ccccc1)NC(=O)[C@H](CCNC(=O)OCc1ccccc1)NC(=O)[C@H](CCN)NC(=O)[C@H](CCNC(=O)OCc1ccccc1)NC(=O)[C@@H](NC(=O)OCc1ccccc1)[C@@H](C)O)C(=O)N[C@@H](CCCCNC(=O)OCc1ccccc1)C(=O)N[C@@H](CCCCNC(=O)OCc1ccccc1)C(=O)N[C@H](C(=O)O)[C@@H](C)O. The minimum Gasteiger partial charge on any atom is -0.480 e. The van der Waals surface area contributed by atoms with Crippen LogP contribution >= 0.6 is 0 Å². The molecule has 0 aliphatic heterocycles. The lowest BCUT2D eigenvalue weighted by atomic mass is 9.99. The van der Waals surface area contributed by atoms with E-state index in [1.54, 1.807) is 196 Å². The van der Waals surface area contributed by atoms with Gasteiger partial charge in [0, 0.05) is 32.6 Å². The number of unbranched alkanes of at least 4 members (excludes halogenated alkanes) is 2. The number of ether oxygens (including phenoxy) is 5. The number of carbonyl (C=O) groups is 14. The van der Waals surface area contributed by atoms with Crippen molar-refractivity contribution in [3.05, 3.63) is 215 Å². The molecule has 36 nitrogen and oxygen atoms in total. The Balaban J connectivity index is 1.27. The Labute approximate surface area is 713 Å². The van der Waals surface area contributed by atoms with Crippen molar-refractivity contribution in [3.63, 3.8) is 0 Å². The Morgan fingerprint density at radius 2 is 0.561 bits per heavy atom. The third kappa shape index (κ3) is 38.8. The highest BCUT2D eigenvalue weighted by Crippen LogP contribution is 2.15. The molecule has 6 aromatic rings. The van der Waals surface area contributed by atoms with E-state index in [4.69, 9.17) is 29.4 Å². The van der Waals surface area contributed by atoms with Gasteiger partial charge in [-0.05, 0) is 124 Å². The highest BCUT2D eigenvalue weighted by molar-refractivity contribution is 5.98. The number of carbonyl (C=O) groups excluding carboxylic acids is 13. The number of aliphatic carboxylic acids is 1. The molecule has 0 spiro atoms. The molecule has 6 aromatic carbocycles. The maximum Gasteiger partial charge on any atom is 0.408 e. The first-order chi connectivity index (χ1) is 59.1. The molecule has 123 heavy (non-hydrogen) atoms. The van der Waals surface area contributed by atoms with Gasteiger partial charge in [0.05, 0.1) is 12.2 Å². The maximum absolute atomic E-state index is 15.2. The standard InChI is InChI=1S/C87H114N14O22/c1-56(2)49-70(79(109)94-65(39-23-25-45-89-83(114)119-51-60-29-13-6-14-30-60)74(104)93-66(78(108)100-73(58(4)103)82(112)113)40-24-26-46-90-84(115)120-52-61-31-15-7-16-32-61)98-80(110)71(50-59-27-11-5-12-28-59)99-77(107)68(42-47-91-85(116)121-53-62-33-17-8-18-34-62)96-75(105)67(41-44-88)95-76(106)69(43-48-92-86(117)122-54-63-35-19-9-20-36-63)97-81(111)72(57(3)102)101-87(118)123-55-64-37-21-10-22-38-64/h5-22,27-38,56-58,65-73,102-103H,23-26,39-55,88H2,1-4H3,(H,89,114)(H,90,115)(H,91,116)(H,92,117)(H,93,104)(H,94,109)(H,95,106)(H,96,105)(H,97,111)(H,98,110)(H,99,107)(H,100,108)(H,101,118)(H,112,113)/t57-,58-,65+,66+,67+,68+,69+,70+,71-,72+,73+/m1/s1. The zero-order valence-electron chi connectivity index (χ0n) is 69.3. The fraction of sp³-hybridized carbons (Fsp3) is 0.425. The van der Waals surface area contributed by atoms with Gasteiger partial charge in [0.1, 0.15) is 81.4 Å². The summed E-state index contributed by atoms with van der Waals surface area (Å²) < 4.78 is 26.7. The van der Waals surface area contributed by atoms with Crippen LogP contribution in [-0.2, 0) is 106 Å². The predicted octanol–water partition coefficient (Wildman–Crippen LogP) is 4.47. The van der Waals surface area contributed by atoms with E-state index >= 15 is 14.4 Å². The van der Waals surface area contributed by atoms with Crippen molar-refractivity contribution in [2.45, 2.75) is 198 Å². The van der Waals surface area contributed by atoms with Gasteiger partial charge in [0.25, 0.3) is 0 Å². The highest BCUT2D eigenvalue weighted by Gasteiger charge is 2.37. The molecule has 0 fully saturated rings. The van der Waals surface area contributed by atoms with Crippen LogP contribution in [0.15, 0.2) is 182 Å². The van der Waals surface area contributed by atoms with Gasteiger partial charge in [-0.25, -0.2) is 28.8 Å². The molecular weight excluding hydrogens is 1590 g/mol. The van der Waals surface area contributed by atoms with Crippen molar-refractivity contribution in [3.8, 4) is 0 Å². The predicted molar refractivity (Wildman–Crippen MR) is 449 cm³/mol. The summed E-state index contributed by atoms with van der Waals surface area (Å²) >= 11 is 0. The van der Waals surface area contributed by atoms with Crippen LogP contribution in [0.25, 0.3) is 0 Å². The third-order valence-electron chi connectivity index (χ3n) is 18.8. The number of carboxylic acids is 1. The molecule has 36 heteroatoms. The average Bonchev–Trinajstić information content (AvgIpc) is 0.846. The molecular formula is C87H114N14O22. The number of nitrogens with one attached hydrogen (secondary N) is 13. The summed E-state index contributed by atoms with van der Waals surface area (Å²) in [7, 11) is 0. The molecule has 0 bridgehead atoms. The smallest absolute Gasteiger partial charge is 0.408 e. The van der Waals surface area contributed by atoms with E-state index in [-0.39, 0.29) is 129 Å². The summed E-state index contributed by atoms with van der Waals surface area (Å²) in [6.45, 7) is 4.30. The van der Waals surface area contributed by atoms with E-state index in [0.29, 0.717) is 22.3 Å². The zero-order chi connectivity index (χ0) is 89.3. The van der Waals surface area contributed by atoms with Crippen LogP contribution in [0, 0.1) is 5.92 Å². The Kier molecular flexibility index (Phi) is 44.0. The summed E-state index contributed by atoms with van der Waals surface area (Å²) in [6, 6.07) is 37.2. The number of carboxylic acid groups (broad SMARTS) is 1. The van der Waals surface area contributed by atoms with Gasteiger partial charge in [-0.15, -0.1) is 0 Å². The van der Waals surface area contributed by atoms with Gasteiger partial charge in [-0.2, -0.15) is 0 Å². The lowest BCUT2D eigenvalue weighted by molar-refractivity contribution is -0.145. The van der Waals surface area contributed by atoms with Crippen LogP contribution in [0.3, 0.4) is 0 Å². The monoisotopic (exact) mass is 1710 g/mol. The molecule has 11 atom stereocenters. The normalized spacial score (nSPS) is 13.6. The topological polar surface area (TPSA) is 528 Å². The van der Waals surface area contributed by atoms with E-state index in [1.165, 1.54) is 6.92 Å². The third-order valence-corrected chi connectivity index (χ3v) is 18.8. The van der Waals surface area contributed by atoms with Gasteiger partial charge in [-0.1, -0.05) is 196 Å². The molecule has 664 valence electrons. The molecule has 0 unspecified atom stereocenters.